The van der Waals surface area contributed by atoms with Crippen LogP contribution in [0.3, 0.4) is 0 Å². The molecule has 1 aromatic heterocycles. The van der Waals surface area contributed by atoms with E-state index in [-0.39, 0.29) is 17.7 Å². The van der Waals surface area contributed by atoms with Crippen LogP contribution in [0.25, 0.3) is 0 Å². The quantitative estimate of drug-likeness (QED) is 0.870. The third-order valence-corrected chi connectivity index (χ3v) is 3.09. The summed E-state index contributed by atoms with van der Waals surface area (Å²) in [4.78, 5) is 11.9. The van der Waals surface area contributed by atoms with Gasteiger partial charge in [-0.05, 0) is 26.7 Å². The number of carbonyl (C=O) groups is 1. The molecule has 0 unspecified atom stereocenters. The summed E-state index contributed by atoms with van der Waals surface area (Å²) >= 11 is 0. The van der Waals surface area contributed by atoms with Gasteiger partial charge in [-0.1, -0.05) is 13.8 Å². The van der Waals surface area contributed by atoms with Crippen LogP contribution in [-0.4, -0.2) is 5.91 Å². The maximum Gasteiger partial charge on any atom is 0.229 e. The third kappa shape index (κ3) is 2.68. The molecule has 0 saturated heterocycles. The molecular weight excluding hydrogens is 216 g/mol. The fourth-order valence-corrected chi connectivity index (χ4v) is 1.72. The van der Waals surface area contributed by atoms with Gasteiger partial charge in [-0.3, -0.25) is 10.1 Å². The predicted octanol–water partition coefficient (Wildman–Crippen LogP) is 3.14. The fraction of sp³-hybridized carbons (Fsp3) is 0.538. The first-order valence-electron chi connectivity index (χ1n) is 5.86. The molecule has 0 spiro atoms. The number of hydrogen-bond acceptors (Lipinski definition) is 3. The van der Waals surface area contributed by atoms with Crippen LogP contribution >= 0.6 is 0 Å². The smallest absolute Gasteiger partial charge is 0.229 e. The molecule has 92 valence electrons. The van der Waals surface area contributed by atoms with E-state index in [1.54, 1.807) is 6.92 Å². The summed E-state index contributed by atoms with van der Waals surface area (Å²) in [6.45, 7) is 7.53. The number of hydrogen-bond donors (Lipinski definition) is 1. The van der Waals surface area contributed by atoms with Crippen molar-refractivity contribution in [2.75, 3.05) is 5.32 Å². The summed E-state index contributed by atoms with van der Waals surface area (Å²) in [7, 11) is 0. The molecule has 4 nitrogen and oxygen atoms in total. The average Bonchev–Trinajstić information content (AvgIpc) is 2.56. The fourth-order valence-electron chi connectivity index (χ4n) is 1.72. The van der Waals surface area contributed by atoms with E-state index >= 15 is 0 Å². The molecule has 1 rings (SSSR count). The molecule has 0 aromatic carbocycles. The van der Waals surface area contributed by atoms with Crippen molar-refractivity contribution in [3.63, 3.8) is 0 Å². The second-order valence-corrected chi connectivity index (χ2v) is 4.10. The number of nitrogens with one attached hydrogen (secondary N) is 1. The minimum absolute atomic E-state index is 0.0349. The zero-order valence-corrected chi connectivity index (χ0v) is 10.8. The normalized spacial score (nSPS) is 10.4. The van der Waals surface area contributed by atoms with Gasteiger partial charge in [-0.15, -0.1) is 0 Å². The van der Waals surface area contributed by atoms with Crippen LogP contribution in [0.1, 0.15) is 43.6 Å². The van der Waals surface area contributed by atoms with Crippen LogP contribution in [0.2, 0.25) is 0 Å². The topological polar surface area (TPSA) is 66.0 Å². The monoisotopic (exact) mass is 234 g/mol. The Kier molecular flexibility index (Phi) is 4.33. The Hall–Kier alpha value is -1.76. The molecule has 0 aliphatic rings. The van der Waals surface area contributed by atoms with Crippen molar-refractivity contribution in [2.45, 2.75) is 40.5 Å². The Morgan fingerprint density at radius 2 is 2.00 bits per heavy atom. The van der Waals surface area contributed by atoms with E-state index < -0.39 is 0 Å². The first-order valence-corrected chi connectivity index (χ1v) is 5.86. The summed E-state index contributed by atoms with van der Waals surface area (Å²) in [5, 5.41) is 11.7. The number of aryl methyl sites for hydroxylation is 1. The lowest BCUT2D eigenvalue weighted by Gasteiger charge is -2.10. The van der Waals surface area contributed by atoms with Crippen LogP contribution in [0.5, 0.6) is 0 Å². The summed E-state index contributed by atoms with van der Waals surface area (Å²) < 4.78 is 5.39. The molecule has 0 atom stereocenters. The highest BCUT2D eigenvalue weighted by Gasteiger charge is 2.20. The van der Waals surface area contributed by atoms with Gasteiger partial charge in [0.25, 0.3) is 0 Å². The molecule has 0 radical (unpaired) electrons. The largest absolute Gasteiger partial charge is 0.444 e. The maximum absolute atomic E-state index is 11.9. The molecule has 0 saturated carbocycles. The number of anilines is 1. The molecule has 1 amide bonds. The van der Waals surface area contributed by atoms with Gasteiger partial charge in [-0.2, -0.15) is 5.26 Å². The molecule has 0 aliphatic heterocycles. The number of carbonyl (C=O) groups excluding carboxylic acids is 1. The maximum atomic E-state index is 11.9. The van der Waals surface area contributed by atoms with E-state index in [1.807, 2.05) is 20.8 Å². The lowest BCUT2D eigenvalue weighted by molar-refractivity contribution is -0.120. The molecule has 1 N–H and O–H groups in total. The number of rotatable bonds is 4. The Bertz CT molecular complexity index is 451. The van der Waals surface area contributed by atoms with Gasteiger partial charge >= 0.3 is 0 Å². The zero-order chi connectivity index (χ0) is 13.0. The number of furan rings is 1. The SMILES string of the molecule is CCC(CC)C(=O)Nc1oc(C)c(C)c1C#N. The third-order valence-electron chi connectivity index (χ3n) is 3.09. The molecule has 17 heavy (non-hydrogen) atoms. The lowest BCUT2D eigenvalue weighted by Crippen LogP contribution is -2.21. The lowest BCUT2D eigenvalue weighted by atomic mass is 10.0. The number of nitriles is 1. The van der Waals surface area contributed by atoms with Gasteiger partial charge < -0.3 is 4.42 Å². The van der Waals surface area contributed by atoms with Crippen LogP contribution in [0.15, 0.2) is 4.42 Å². The average molecular weight is 234 g/mol. The first-order chi connectivity index (χ1) is 8.04. The molecule has 1 heterocycles. The van der Waals surface area contributed by atoms with Crippen molar-refractivity contribution in [3.05, 3.63) is 16.9 Å². The molecule has 0 fully saturated rings. The Balaban J connectivity index is 2.93. The van der Waals surface area contributed by atoms with Gasteiger partial charge in [0.15, 0.2) is 0 Å². The van der Waals surface area contributed by atoms with E-state index in [9.17, 15) is 4.79 Å². The van der Waals surface area contributed by atoms with Crippen molar-refractivity contribution < 1.29 is 9.21 Å². The molecule has 4 heteroatoms. The van der Waals surface area contributed by atoms with E-state index in [2.05, 4.69) is 11.4 Å². The van der Waals surface area contributed by atoms with Crippen LogP contribution < -0.4 is 5.32 Å². The Labute approximate surface area is 102 Å². The van der Waals surface area contributed by atoms with Crippen molar-refractivity contribution in [2.24, 2.45) is 5.92 Å². The van der Waals surface area contributed by atoms with E-state index in [4.69, 9.17) is 9.68 Å². The number of amides is 1. The molecular formula is C13H18N2O2. The van der Waals surface area contributed by atoms with E-state index in [0.717, 1.165) is 18.4 Å². The van der Waals surface area contributed by atoms with Gasteiger partial charge in [0.2, 0.25) is 11.8 Å². The van der Waals surface area contributed by atoms with Crippen LogP contribution in [0, 0.1) is 31.1 Å². The standard InChI is InChI=1S/C13H18N2O2/c1-5-10(6-2)12(16)15-13-11(7-14)8(3)9(4)17-13/h10H,5-6H2,1-4H3,(H,15,16). The summed E-state index contributed by atoms with van der Waals surface area (Å²) in [6, 6.07) is 2.06. The first kappa shape index (κ1) is 13.3. The molecule has 1 aromatic rings. The summed E-state index contributed by atoms with van der Waals surface area (Å²) in [5.41, 5.74) is 1.20. The minimum atomic E-state index is -0.0831. The highest BCUT2D eigenvalue weighted by atomic mass is 16.4. The van der Waals surface area contributed by atoms with Crippen LogP contribution in [-0.2, 0) is 4.79 Å². The van der Waals surface area contributed by atoms with Crippen LogP contribution in [0.4, 0.5) is 5.88 Å². The predicted molar refractivity (Wildman–Crippen MR) is 65.6 cm³/mol. The van der Waals surface area contributed by atoms with Gasteiger partial charge in [0, 0.05) is 11.5 Å². The summed E-state index contributed by atoms with van der Waals surface area (Å²) in [5.74, 6) is 0.827. The van der Waals surface area contributed by atoms with Crippen molar-refractivity contribution in [1.82, 2.24) is 0 Å². The van der Waals surface area contributed by atoms with Crippen molar-refractivity contribution in [3.8, 4) is 6.07 Å². The van der Waals surface area contributed by atoms with Crippen molar-refractivity contribution >= 4 is 11.8 Å². The highest BCUT2D eigenvalue weighted by molar-refractivity contribution is 5.92. The second-order valence-electron chi connectivity index (χ2n) is 4.10. The molecule has 0 aliphatic carbocycles. The molecule has 0 bridgehead atoms. The van der Waals surface area contributed by atoms with E-state index in [1.165, 1.54) is 0 Å². The van der Waals surface area contributed by atoms with Crippen molar-refractivity contribution in [1.29, 1.82) is 5.26 Å². The Morgan fingerprint density at radius 1 is 1.41 bits per heavy atom. The van der Waals surface area contributed by atoms with Gasteiger partial charge in [0.05, 0.1) is 0 Å². The summed E-state index contributed by atoms with van der Waals surface area (Å²) in [6.07, 6.45) is 1.56. The van der Waals surface area contributed by atoms with E-state index in [0.29, 0.717) is 11.3 Å². The second kappa shape index (κ2) is 5.53. The number of nitrogens with zero attached hydrogens (tertiary/aromatic N) is 1. The zero-order valence-electron chi connectivity index (χ0n) is 10.8. The van der Waals surface area contributed by atoms with Gasteiger partial charge in [0.1, 0.15) is 17.4 Å². The minimum Gasteiger partial charge on any atom is -0.444 e. The van der Waals surface area contributed by atoms with Gasteiger partial charge in [-0.25, -0.2) is 0 Å². The Morgan fingerprint density at radius 3 is 2.47 bits per heavy atom. The highest BCUT2D eigenvalue weighted by Crippen LogP contribution is 2.26.